The van der Waals surface area contributed by atoms with Gasteiger partial charge in [-0.1, -0.05) is 44.8 Å². The first-order valence-corrected chi connectivity index (χ1v) is 6.34. The summed E-state index contributed by atoms with van der Waals surface area (Å²) in [6.45, 7) is 7.38. The molecule has 0 aliphatic rings. The summed E-state index contributed by atoms with van der Waals surface area (Å²) in [5.41, 5.74) is 2.55. The summed E-state index contributed by atoms with van der Waals surface area (Å²) in [7, 11) is 0. The Balaban J connectivity index is 3.07. The largest absolute Gasteiger partial charge is 0.125 e. The molecule has 85 valence electrons. The molecule has 15 heavy (non-hydrogen) atoms. The molecular formula is C15H25. The fourth-order valence-electron chi connectivity index (χ4n) is 1.52. The van der Waals surface area contributed by atoms with Crippen molar-refractivity contribution < 1.29 is 0 Å². The van der Waals surface area contributed by atoms with E-state index in [1.54, 1.807) is 0 Å². The van der Waals surface area contributed by atoms with Crippen molar-refractivity contribution in [3.8, 4) is 0 Å². The lowest BCUT2D eigenvalue weighted by molar-refractivity contribution is 0.637. The molecule has 0 aliphatic heterocycles. The molecule has 0 saturated carbocycles. The molecule has 0 aromatic heterocycles. The van der Waals surface area contributed by atoms with Crippen LogP contribution in [0.25, 0.3) is 0 Å². The fourth-order valence-corrected chi connectivity index (χ4v) is 1.52. The number of hydrogen-bond donors (Lipinski definition) is 0. The van der Waals surface area contributed by atoms with Gasteiger partial charge >= 0.3 is 0 Å². The molecule has 0 heteroatoms. The minimum Gasteiger partial charge on any atom is -0.125 e. The summed E-state index contributed by atoms with van der Waals surface area (Å²) in [5.74, 6) is 0. The third-order valence-electron chi connectivity index (χ3n) is 2.48. The maximum Gasteiger partial charge on any atom is -0.0126 e. The molecule has 0 spiro atoms. The van der Waals surface area contributed by atoms with Gasteiger partial charge in [-0.3, -0.25) is 0 Å². The first-order chi connectivity index (χ1) is 7.41. The van der Waals surface area contributed by atoms with Crippen molar-refractivity contribution in [2.24, 2.45) is 0 Å². The van der Waals surface area contributed by atoms with Crippen molar-refractivity contribution in [2.75, 3.05) is 0 Å². The zero-order chi connectivity index (χ0) is 11.2. The quantitative estimate of drug-likeness (QED) is 0.261. The second-order valence-corrected chi connectivity index (χ2v) is 3.98. The smallest absolute Gasteiger partial charge is 0.0126 e. The summed E-state index contributed by atoms with van der Waals surface area (Å²) in [6, 6.07) is 0. The van der Waals surface area contributed by atoms with Crippen molar-refractivity contribution in [2.45, 2.75) is 64.7 Å². The van der Waals surface area contributed by atoms with Crippen molar-refractivity contribution in [3.05, 3.63) is 30.5 Å². The van der Waals surface area contributed by atoms with Crippen LogP contribution in [0.5, 0.6) is 0 Å². The Labute approximate surface area is 95.8 Å². The van der Waals surface area contributed by atoms with Crippen molar-refractivity contribution >= 4 is 0 Å². The molecule has 0 N–H and O–H groups in total. The maximum atomic E-state index is 5.13. The Kier molecular flexibility index (Phi) is 12.6. The van der Waals surface area contributed by atoms with E-state index in [4.69, 9.17) is 6.58 Å². The average Bonchev–Trinajstić information content (AvgIpc) is 2.26. The van der Waals surface area contributed by atoms with E-state index in [2.05, 4.69) is 24.8 Å². The summed E-state index contributed by atoms with van der Waals surface area (Å²) in [5, 5.41) is 0. The van der Waals surface area contributed by atoms with Crippen LogP contribution in [0, 0.1) is 6.58 Å². The molecule has 1 radical (unpaired) electrons. The van der Waals surface area contributed by atoms with Crippen LogP contribution in [0.2, 0.25) is 0 Å². The number of hydrogen-bond acceptors (Lipinski definition) is 0. The Morgan fingerprint density at radius 2 is 1.53 bits per heavy atom. The summed E-state index contributed by atoms with van der Waals surface area (Å²) >= 11 is 0. The molecule has 0 amide bonds. The first-order valence-electron chi connectivity index (χ1n) is 6.34. The molecule has 0 rings (SSSR count). The van der Waals surface area contributed by atoms with Crippen LogP contribution < -0.4 is 0 Å². The van der Waals surface area contributed by atoms with Gasteiger partial charge in [0.05, 0.1) is 0 Å². The predicted molar refractivity (Wildman–Crippen MR) is 68.8 cm³/mol. The average molecular weight is 205 g/mol. The monoisotopic (exact) mass is 205 g/mol. The molecule has 0 nitrogen and oxygen atoms in total. The molecule has 0 aromatic rings. The predicted octanol–water partition coefficient (Wildman–Crippen LogP) is 5.22. The molecule has 0 aromatic carbocycles. The van der Waals surface area contributed by atoms with E-state index in [-0.39, 0.29) is 0 Å². The number of unbranched alkanes of at least 4 members (excludes halogenated alkanes) is 7. The van der Waals surface area contributed by atoms with Gasteiger partial charge in [0.15, 0.2) is 0 Å². The van der Waals surface area contributed by atoms with E-state index in [0.29, 0.717) is 0 Å². The summed E-state index contributed by atoms with van der Waals surface area (Å²) in [6.07, 6.45) is 18.1. The second kappa shape index (κ2) is 13.3. The molecule has 0 unspecified atom stereocenters. The van der Waals surface area contributed by atoms with E-state index < -0.39 is 0 Å². The lowest BCUT2D eigenvalue weighted by Gasteiger charge is -1.96. The van der Waals surface area contributed by atoms with Gasteiger partial charge in [0.1, 0.15) is 0 Å². The van der Waals surface area contributed by atoms with Crippen LogP contribution in [-0.4, -0.2) is 0 Å². The summed E-state index contributed by atoms with van der Waals surface area (Å²) in [4.78, 5) is 0. The zero-order valence-corrected chi connectivity index (χ0v) is 10.2. The second-order valence-electron chi connectivity index (χ2n) is 3.98. The van der Waals surface area contributed by atoms with Gasteiger partial charge in [-0.2, -0.15) is 0 Å². The highest BCUT2D eigenvalue weighted by atomic mass is 13.9. The molecule has 0 bridgehead atoms. The maximum absolute atomic E-state index is 5.13. The molecule has 0 atom stereocenters. The minimum atomic E-state index is 1.05. The number of rotatable bonds is 10. The molecule has 0 saturated heterocycles. The number of allylic oxidation sites excluding steroid dienone is 3. The lowest BCUT2D eigenvalue weighted by atomic mass is 10.1. The fraction of sp³-hybridized carbons (Fsp3) is 0.667. The van der Waals surface area contributed by atoms with E-state index in [9.17, 15) is 0 Å². The van der Waals surface area contributed by atoms with Gasteiger partial charge in [0, 0.05) is 0 Å². The van der Waals surface area contributed by atoms with Crippen LogP contribution in [-0.2, 0) is 0 Å². The Morgan fingerprint density at radius 1 is 0.867 bits per heavy atom. The highest BCUT2D eigenvalue weighted by Crippen LogP contribution is 2.06. The Hall–Kier alpha value is -0.740. The Morgan fingerprint density at radius 3 is 2.20 bits per heavy atom. The third kappa shape index (κ3) is 13.3. The van der Waals surface area contributed by atoms with Crippen LogP contribution in [0.1, 0.15) is 64.7 Å². The standard InChI is InChI=1S/C15H25/c1-3-5-7-9-11-13-15-14-12-10-8-6-4-2/h1,5,13,15H,4,6-12,14H2,2H3. The van der Waals surface area contributed by atoms with E-state index in [1.807, 2.05) is 6.08 Å². The van der Waals surface area contributed by atoms with Crippen LogP contribution in [0.4, 0.5) is 0 Å². The molecule has 0 fully saturated rings. The van der Waals surface area contributed by atoms with Crippen molar-refractivity contribution in [1.82, 2.24) is 0 Å². The van der Waals surface area contributed by atoms with Crippen molar-refractivity contribution in [1.29, 1.82) is 0 Å². The van der Waals surface area contributed by atoms with E-state index in [0.717, 1.165) is 6.42 Å². The lowest BCUT2D eigenvalue weighted by Crippen LogP contribution is -1.76. The molecule has 0 heterocycles. The molecular weight excluding hydrogens is 180 g/mol. The van der Waals surface area contributed by atoms with Gasteiger partial charge in [-0.15, -0.1) is 5.73 Å². The minimum absolute atomic E-state index is 1.05. The van der Waals surface area contributed by atoms with Crippen molar-refractivity contribution in [3.63, 3.8) is 0 Å². The highest BCUT2D eigenvalue weighted by Gasteiger charge is 1.86. The first kappa shape index (κ1) is 14.3. The van der Waals surface area contributed by atoms with E-state index in [1.165, 1.54) is 51.4 Å². The normalized spacial score (nSPS) is 10.5. The van der Waals surface area contributed by atoms with Gasteiger partial charge < -0.3 is 0 Å². The van der Waals surface area contributed by atoms with E-state index >= 15 is 0 Å². The SMILES string of the molecule is [CH]=C=CCCCC=CCCCCCCC. The van der Waals surface area contributed by atoms with Crippen LogP contribution >= 0.6 is 0 Å². The third-order valence-corrected chi connectivity index (χ3v) is 2.48. The van der Waals surface area contributed by atoms with Crippen LogP contribution in [0.15, 0.2) is 24.0 Å². The van der Waals surface area contributed by atoms with Gasteiger partial charge in [-0.25, -0.2) is 0 Å². The summed E-state index contributed by atoms with van der Waals surface area (Å²) < 4.78 is 0. The van der Waals surface area contributed by atoms with Crippen LogP contribution in [0.3, 0.4) is 0 Å². The topological polar surface area (TPSA) is 0 Å². The Bertz CT molecular complexity index is 182. The highest BCUT2D eigenvalue weighted by molar-refractivity contribution is 4.83. The zero-order valence-electron chi connectivity index (χ0n) is 10.2. The van der Waals surface area contributed by atoms with Gasteiger partial charge in [0.2, 0.25) is 0 Å². The van der Waals surface area contributed by atoms with Gasteiger partial charge in [-0.05, 0) is 44.8 Å². The van der Waals surface area contributed by atoms with Gasteiger partial charge in [0.25, 0.3) is 0 Å². The molecule has 0 aliphatic carbocycles.